The molecule has 1 aromatic rings. The molecule has 2 nitrogen and oxygen atoms in total. The number of nitrogens with zero attached hydrogens (tertiary/aromatic N) is 2. The number of hydrogen-bond acceptors (Lipinski definition) is 1. The minimum Gasteiger partial charge on any atom is -1.00 e. The molecule has 4 heteroatoms. The first-order valence-corrected chi connectivity index (χ1v) is 9.52. The van der Waals surface area contributed by atoms with E-state index in [0.29, 0.717) is 6.04 Å². The predicted octanol–water partition coefficient (Wildman–Crippen LogP) is 2.07. The van der Waals surface area contributed by atoms with Crippen LogP contribution in [0.2, 0.25) is 0 Å². The van der Waals surface area contributed by atoms with E-state index in [1.165, 1.54) is 82.9 Å². The molecule has 2 heterocycles. The molecule has 0 bridgehead atoms. The third-order valence-electron chi connectivity index (χ3n) is 5.79. The molecular formula is C20H34Br2N2. The Kier molecular flexibility index (Phi) is 10.7. The van der Waals surface area contributed by atoms with E-state index >= 15 is 0 Å². The van der Waals surface area contributed by atoms with Crippen LogP contribution < -0.4 is 21.5 Å². The van der Waals surface area contributed by atoms with Crippen LogP contribution in [0.3, 0.4) is 0 Å². The zero-order valence-corrected chi connectivity index (χ0v) is 18.4. The number of aryl methyl sites for hydroxylation is 1. The van der Waals surface area contributed by atoms with E-state index in [1.54, 1.807) is 0 Å². The lowest BCUT2D eigenvalue weighted by molar-refractivity contribution is -0.697. The number of rotatable bonds is 8. The van der Waals surface area contributed by atoms with Gasteiger partial charge in [0.15, 0.2) is 12.4 Å². The van der Waals surface area contributed by atoms with Crippen LogP contribution in [-0.4, -0.2) is 18.5 Å². The van der Waals surface area contributed by atoms with E-state index in [1.807, 2.05) is 0 Å². The summed E-state index contributed by atoms with van der Waals surface area (Å²) in [6, 6.07) is 5.19. The van der Waals surface area contributed by atoms with E-state index in [0.717, 1.165) is 5.92 Å². The maximum absolute atomic E-state index is 2.50. The zero-order valence-electron chi connectivity index (χ0n) is 15.1. The van der Waals surface area contributed by atoms with Crippen molar-refractivity contribution >= 4 is 17.0 Å². The molecule has 0 radical (unpaired) electrons. The molecule has 0 spiro atoms. The van der Waals surface area contributed by atoms with Gasteiger partial charge in [0.2, 0.25) is 0 Å². The van der Waals surface area contributed by atoms with Gasteiger partial charge in [0.1, 0.15) is 6.54 Å². The number of hydrogen-bond donors (Lipinski definition) is 0. The highest BCUT2D eigenvalue weighted by molar-refractivity contribution is 8.93. The fourth-order valence-electron chi connectivity index (χ4n) is 4.07. The van der Waals surface area contributed by atoms with Crippen LogP contribution >= 0.6 is 17.0 Å². The van der Waals surface area contributed by atoms with Crippen LogP contribution in [0.5, 0.6) is 0 Å². The van der Waals surface area contributed by atoms with Crippen molar-refractivity contribution in [2.24, 2.45) is 5.92 Å². The summed E-state index contributed by atoms with van der Waals surface area (Å²) in [5.41, 5.74) is 1.51. The Morgan fingerprint density at radius 3 is 2.54 bits per heavy atom. The predicted molar refractivity (Wildman–Crippen MR) is 102 cm³/mol. The largest absolute Gasteiger partial charge is 1.00 e. The van der Waals surface area contributed by atoms with Gasteiger partial charge >= 0.3 is 0 Å². The summed E-state index contributed by atoms with van der Waals surface area (Å²) >= 11 is 0. The lowest BCUT2D eigenvalue weighted by Crippen LogP contribution is -3.00. The Morgan fingerprint density at radius 1 is 1.08 bits per heavy atom. The topological polar surface area (TPSA) is 7.12 Å². The van der Waals surface area contributed by atoms with Gasteiger partial charge in [0, 0.05) is 24.1 Å². The first-order chi connectivity index (χ1) is 10.8. The molecule has 3 rings (SSSR count). The highest BCUT2D eigenvalue weighted by Gasteiger charge is 2.24. The Bertz CT molecular complexity index is 463. The van der Waals surface area contributed by atoms with E-state index < -0.39 is 0 Å². The standard InChI is InChI=1S/C20H33N2.2BrH/c1-21-14-8-13-20(21)19-12-7-16-22(17-19)15-5-3-2-4-9-18-10-6-11-18;;/h7,12,16-18,20H,2-6,8-11,13-15H2,1H3;2*1H/q+1;;/p-1/t20-;;/m0../s1. The Morgan fingerprint density at radius 2 is 1.88 bits per heavy atom. The fourth-order valence-corrected chi connectivity index (χ4v) is 4.07. The fraction of sp³-hybridized carbons (Fsp3) is 0.750. The van der Waals surface area contributed by atoms with Crippen LogP contribution in [0.25, 0.3) is 0 Å². The van der Waals surface area contributed by atoms with Crippen LogP contribution in [0, 0.1) is 5.92 Å². The SMILES string of the molecule is Br.CN1CCC[C@H]1c1ccc[n+](CCCCCCC2CCC2)c1.[Br-]. The Labute approximate surface area is 169 Å². The summed E-state index contributed by atoms with van der Waals surface area (Å²) < 4.78 is 2.41. The van der Waals surface area contributed by atoms with Crippen molar-refractivity contribution in [2.75, 3.05) is 13.6 Å². The van der Waals surface area contributed by atoms with Crippen molar-refractivity contribution in [3.63, 3.8) is 0 Å². The molecule has 0 amide bonds. The van der Waals surface area contributed by atoms with Gasteiger partial charge in [-0.3, -0.25) is 4.90 Å². The molecule has 1 saturated carbocycles. The highest BCUT2D eigenvalue weighted by Crippen LogP contribution is 2.31. The van der Waals surface area contributed by atoms with Crippen molar-refractivity contribution in [1.29, 1.82) is 0 Å². The molecule has 1 aliphatic heterocycles. The Hall–Kier alpha value is 0.0700. The molecule has 2 fully saturated rings. The van der Waals surface area contributed by atoms with E-state index in [2.05, 4.69) is 41.0 Å². The molecule has 24 heavy (non-hydrogen) atoms. The molecule has 0 N–H and O–H groups in total. The minimum absolute atomic E-state index is 0. The molecule has 0 unspecified atom stereocenters. The number of halogens is 2. The zero-order chi connectivity index (χ0) is 15.2. The van der Waals surface area contributed by atoms with Crippen LogP contribution in [0.15, 0.2) is 24.5 Å². The summed E-state index contributed by atoms with van der Waals surface area (Å²) in [6.45, 7) is 2.44. The first-order valence-electron chi connectivity index (χ1n) is 9.52. The van der Waals surface area contributed by atoms with E-state index in [9.17, 15) is 0 Å². The second-order valence-corrected chi connectivity index (χ2v) is 7.51. The summed E-state index contributed by atoms with van der Waals surface area (Å²) in [6.07, 6.45) is 18.9. The number of pyridine rings is 1. The maximum Gasteiger partial charge on any atom is 0.173 e. The number of unbranched alkanes of at least 4 members (excludes halogenated alkanes) is 3. The van der Waals surface area contributed by atoms with Crippen molar-refractivity contribution < 1.29 is 21.5 Å². The van der Waals surface area contributed by atoms with Crippen molar-refractivity contribution in [1.82, 2.24) is 4.90 Å². The van der Waals surface area contributed by atoms with Crippen molar-refractivity contribution in [2.45, 2.75) is 76.8 Å². The first kappa shape index (κ1) is 22.1. The summed E-state index contributed by atoms with van der Waals surface area (Å²) in [5.74, 6) is 1.09. The lowest BCUT2D eigenvalue weighted by Gasteiger charge is -2.24. The molecular weight excluding hydrogens is 428 g/mol. The summed E-state index contributed by atoms with van der Waals surface area (Å²) in [5, 5.41) is 0. The lowest BCUT2D eigenvalue weighted by atomic mass is 9.82. The molecule has 1 aromatic heterocycles. The Balaban J connectivity index is 0.00000144. The monoisotopic (exact) mass is 460 g/mol. The second-order valence-electron chi connectivity index (χ2n) is 7.51. The van der Waals surface area contributed by atoms with Crippen molar-refractivity contribution in [3.05, 3.63) is 30.1 Å². The average molecular weight is 462 g/mol. The van der Waals surface area contributed by atoms with Gasteiger partial charge in [-0.05, 0) is 44.8 Å². The molecule has 1 atom stereocenters. The van der Waals surface area contributed by atoms with Gasteiger partial charge in [-0.1, -0.05) is 38.5 Å². The van der Waals surface area contributed by atoms with Crippen molar-refractivity contribution in [3.8, 4) is 0 Å². The van der Waals surface area contributed by atoms with Gasteiger partial charge in [0.25, 0.3) is 0 Å². The third-order valence-corrected chi connectivity index (χ3v) is 5.79. The highest BCUT2D eigenvalue weighted by atomic mass is 79.9. The smallest absolute Gasteiger partial charge is 0.173 e. The van der Waals surface area contributed by atoms with Crippen LogP contribution in [-0.2, 0) is 6.54 Å². The van der Waals surface area contributed by atoms with Gasteiger partial charge in [-0.2, -0.15) is 0 Å². The van der Waals surface area contributed by atoms with Crippen LogP contribution in [0.4, 0.5) is 0 Å². The van der Waals surface area contributed by atoms with Gasteiger partial charge < -0.3 is 17.0 Å². The molecule has 1 aliphatic carbocycles. The molecule has 0 aromatic carbocycles. The normalized spacial score (nSPS) is 21.0. The van der Waals surface area contributed by atoms with Gasteiger partial charge in [-0.15, -0.1) is 17.0 Å². The quantitative estimate of drug-likeness (QED) is 0.424. The second kappa shape index (κ2) is 11.6. The third kappa shape index (κ3) is 6.42. The molecule has 138 valence electrons. The molecule has 2 aliphatic rings. The summed E-state index contributed by atoms with van der Waals surface area (Å²) in [4.78, 5) is 2.50. The number of aromatic nitrogens is 1. The van der Waals surface area contributed by atoms with Gasteiger partial charge in [-0.25, -0.2) is 4.57 Å². The van der Waals surface area contributed by atoms with E-state index in [4.69, 9.17) is 0 Å². The van der Waals surface area contributed by atoms with Gasteiger partial charge in [0.05, 0.1) is 0 Å². The molecule has 1 saturated heterocycles. The summed E-state index contributed by atoms with van der Waals surface area (Å²) in [7, 11) is 2.26. The van der Waals surface area contributed by atoms with E-state index in [-0.39, 0.29) is 34.0 Å². The average Bonchev–Trinajstić information content (AvgIpc) is 2.91. The maximum atomic E-state index is 2.50. The van der Waals surface area contributed by atoms with Crippen LogP contribution in [0.1, 0.15) is 75.8 Å². The minimum atomic E-state index is 0. The number of likely N-dealkylation sites (tertiary alicyclic amines) is 1.